The minimum absolute atomic E-state index is 0.121. The molecule has 8 heteroatoms. The number of hydrogen-bond donors (Lipinski definition) is 3. The molecule has 1 atom stereocenters. The Balaban J connectivity index is 1.98. The Labute approximate surface area is 147 Å². The van der Waals surface area contributed by atoms with Crippen molar-refractivity contribution < 1.29 is 18.3 Å². The van der Waals surface area contributed by atoms with Crippen LogP contribution in [0.5, 0.6) is 5.75 Å². The van der Waals surface area contributed by atoms with Gasteiger partial charge in [-0.3, -0.25) is 9.59 Å². The molecule has 1 heterocycles. The Bertz CT molecular complexity index is 819. The van der Waals surface area contributed by atoms with Crippen molar-refractivity contribution in [3.63, 3.8) is 0 Å². The number of hydrogen-bond acceptors (Lipinski definition) is 4. The first-order valence-electron chi connectivity index (χ1n) is 7.84. The van der Waals surface area contributed by atoms with Gasteiger partial charge in [0.05, 0.1) is 18.0 Å². The van der Waals surface area contributed by atoms with E-state index in [9.17, 15) is 13.8 Å². The van der Waals surface area contributed by atoms with E-state index in [1.165, 1.54) is 30.5 Å². The average molecular weight is 364 g/mol. The van der Waals surface area contributed by atoms with Gasteiger partial charge in [-0.15, -0.1) is 0 Å². The maximum atomic E-state index is 12.1. The van der Waals surface area contributed by atoms with Crippen LogP contribution < -0.4 is 15.5 Å². The van der Waals surface area contributed by atoms with E-state index in [1.807, 2.05) is 6.92 Å². The second kappa shape index (κ2) is 9.14. The van der Waals surface area contributed by atoms with Crippen molar-refractivity contribution in [1.82, 2.24) is 10.3 Å². The number of benzene rings is 1. The number of ether oxygens (including phenoxy) is 1. The van der Waals surface area contributed by atoms with E-state index >= 15 is 0 Å². The largest absolute Gasteiger partial charge is 0.488 e. The van der Waals surface area contributed by atoms with Gasteiger partial charge >= 0.3 is 0 Å². The Morgan fingerprint density at radius 1 is 1.36 bits per heavy atom. The van der Waals surface area contributed by atoms with Crippen molar-refractivity contribution in [2.24, 2.45) is 0 Å². The third-order valence-corrected chi connectivity index (χ3v) is 4.09. The minimum Gasteiger partial charge on any atom is -0.488 e. The Morgan fingerprint density at radius 3 is 2.84 bits per heavy atom. The monoisotopic (exact) mass is 364 g/mol. The average Bonchev–Trinajstić information content (AvgIpc) is 2.61. The summed E-state index contributed by atoms with van der Waals surface area (Å²) in [6.07, 6.45) is 3.33. The highest BCUT2D eigenvalue weighted by Crippen LogP contribution is 2.09. The molecule has 25 heavy (non-hydrogen) atoms. The summed E-state index contributed by atoms with van der Waals surface area (Å²) in [7, 11) is 0. The van der Waals surface area contributed by atoms with Gasteiger partial charge in [-0.1, -0.05) is 19.4 Å². The summed E-state index contributed by atoms with van der Waals surface area (Å²) >= 11 is -2.15. The van der Waals surface area contributed by atoms with Crippen molar-refractivity contribution in [3.8, 4) is 5.75 Å². The van der Waals surface area contributed by atoms with Crippen LogP contribution in [0.1, 0.15) is 35.8 Å². The summed E-state index contributed by atoms with van der Waals surface area (Å²) < 4.78 is 25.5. The number of unbranched alkanes of at least 4 members (excludes halogenated alkanes) is 1. The fraction of sp³-hybridized carbons (Fsp3) is 0.294. The maximum absolute atomic E-state index is 12.1. The van der Waals surface area contributed by atoms with Crippen LogP contribution in [0.3, 0.4) is 0 Å². The van der Waals surface area contributed by atoms with Crippen molar-refractivity contribution in [1.29, 1.82) is 0 Å². The van der Waals surface area contributed by atoms with Gasteiger partial charge in [0.25, 0.3) is 5.91 Å². The molecular weight excluding hydrogens is 344 g/mol. The predicted molar refractivity (Wildman–Crippen MR) is 94.1 cm³/mol. The zero-order valence-electron chi connectivity index (χ0n) is 13.8. The van der Waals surface area contributed by atoms with Crippen LogP contribution in [0, 0.1) is 0 Å². The number of pyridine rings is 1. The SMILES string of the molecule is CCCCOc1c[nH]c(CNC(=O)c2cccc(S(=O)O)c2)cc1=O. The second-order valence-corrected chi connectivity index (χ2v) is 6.32. The summed E-state index contributed by atoms with van der Waals surface area (Å²) in [4.78, 5) is 27.1. The van der Waals surface area contributed by atoms with Gasteiger partial charge in [0.2, 0.25) is 5.43 Å². The first kappa shape index (κ1) is 18.9. The van der Waals surface area contributed by atoms with Gasteiger partial charge in [0.15, 0.2) is 16.8 Å². The molecule has 0 aliphatic heterocycles. The van der Waals surface area contributed by atoms with E-state index in [-0.39, 0.29) is 28.2 Å². The second-order valence-electron chi connectivity index (χ2n) is 5.35. The summed E-state index contributed by atoms with van der Waals surface area (Å²) in [6, 6.07) is 7.25. The number of nitrogens with one attached hydrogen (secondary N) is 2. The van der Waals surface area contributed by atoms with Gasteiger partial charge < -0.3 is 19.6 Å². The molecule has 0 radical (unpaired) electrons. The highest BCUT2D eigenvalue weighted by atomic mass is 32.2. The normalized spacial score (nSPS) is 11.8. The Morgan fingerprint density at radius 2 is 2.16 bits per heavy atom. The summed E-state index contributed by atoms with van der Waals surface area (Å²) in [5.74, 6) is -0.155. The van der Waals surface area contributed by atoms with Crippen molar-refractivity contribution >= 4 is 17.0 Å². The number of carbonyl (C=O) groups is 1. The molecule has 3 N–H and O–H groups in total. The molecule has 1 amide bonds. The summed E-state index contributed by atoms with van der Waals surface area (Å²) in [6.45, 7) is 2.64. The van der Waals surface area contributed by atoms with Crippen LogP contribution in [0.15, 0.2) is 46.2 Å². The van der Waals surface area contributed by atoms with Gasteiger partial charge in [-0.25, -0.2) is 4.21 Å². The summed E-state index contributed by atoms with van der Waals surface area (Å²) in [5, 5.41) is 2.65. The highest BCUT2D eigenvalue weighted by molar-refractivity contribution is 7.79. The molecule has 7 nitrogen and oxygen atoms in total. The van der Waals surface area contributed by atoms with Gasteiger partial charge in [0, 0.05) is 23.5 Å². The molecule has 0 aliphatic rings. The van der Waals surface area contributed by atoms with Crippen LogP contribution in [-0.4, -0.2) is 26.3 Å². The van der Waals surface area contributed by atoms with E-state index in [0.29, 0.717) is 12.3 Å². The molecule has 0 spiro atoms. The molecule has 0 bridgehead atoms. The van der Waals surface area contributed by atoms with Gasteiger partial charge in [-0.2, -0.15) is 0 Å². The molecule has 1 aromatic heterocycles. The third kappa shape index (κ3) is 5.54. The Hall–Kier alpha value is -2.45. The molecule has 0 fully saturated rings. The number of aromatic nitrogens is 1. The lowest BCUT2D eigenvalue weighted by atomic mass is 10.2. The van der Waals surface area contributed by atoms with Crippen LogP contribution in [0.2, 0.25) is 0 Å². The van der Waals surface area contributed by atoms with Crippen LogP contribution in [-0.2, 0) is 17.6 Å². The third-order valence-electron chi connectivity index (χ3n) is 3.43. The number of H-pyrrole nitrogens is 1. The Kier molecular flexibility index (Phi) is 6.91. The van der Waals surface area contributed by atoms with Crippen molar-refractivity contribution in [2.45, 2.75) is 31.2 Å². The lowest BCUT2D eigenvalue weighted by Crippen LogP contribution is -2.24. The molecule has 134 valence electrons. The molecule has 1 aromatic carbocycles. The molecule has 2 aromatic rings. The summed E-state index contributed by atoms with van der Waals surface area (Å²) in [5.41, 5.74) is 0.543. The molecule has 0 saturated carbocycles. The van der Waals surface area contributed by atoms with Gasteiger partial charge in [-0.05, 0) is 24.6 Å². The van der Waals surface area contributed by atoms with E-state index in [0.717, 1.165) is 12.8 Å². The van der Waals surface area contributed by atoms with E-state index in [1.54, 1.807) is 6.07 Å². The van der Waals surface area contributed by atoms with Crippen LogP contribution in [0.25, 0.3) is 0 Å². The lowest BCUT2D eigenvalue weighted by molar-refractivity contribution is 0.0950. The molecule has 0 aliphatic carbocycles. The van der Waals surface area contributed by atoms with E-state index in [2.05, 4.69) is 10.3 Å². The maximum Gasteiger partial charge on any atom is 0.251 e. The number of rotatable bonds is 8. The molecule has 2 rings (SSSR count). The standard InChI is InChI=1S/C17H20N2O5S/c1-2-3-7-24-16-11-18-13(9-15(16)20)10-19-17(21)12-5-4-6-14(8-12)25(22)23/h4-6,8-9,11H,2-3,7,10H2,1H3,(H,18,20)(H,19,21)(H,22,23). The van der Waals surface area contributed by atoms with Gasteiger partial charge in [0.1, 0.15) is 0 Å². The van der Waals surface area contributed by atoms with Crippen LogP contribution >= 0.6 is 0 Å². The zero-order chi connectivity index (χ0) is 18.2. The lowest BCUT2D eigenvalue weighted by Gasteiger charge is -2.08. The van der Waals surface area contributed by atoms with Crippen molar-refractivity contribution in [2.75, 3.05) is 6.61 Å². The zero-order valence-corrected chi connectivity index (χ0v) is 14.6. The first-order chi connectivity index (χ1) is 12.0. The number of amides is 1. The minimum atomic E-state index is -2.15. The van der Waals surface area contributed by atoms with E-state index in [4.69, 9.17) is 9.29 Å². The first-order valence-corrected chi connectivity index (χ1v) is 8.95. The predicted octanol–water partition coefficient (Wildman–Crippen LogP) is 2.06. The van der Waals surface area contributed by atoms with Crippen molar-refractivity contribution in [3.05, 3.63) is 58.0 Å². The topological polar surface area (TPSA) is 108 Å². The quantitative estimate of drug-likeness (QED) is 0.491. The molecular formula is C17H20N2O5S. The smallest absolute Gasteiger partial charge is 0.251 e. The molecule has 0 saturated heterocycles. The van der Waals surface area contributed by atoms with Crippen LogP contribution in [0.4, 0.5) is 0 Å². The van der Waals surface area contributed by atoms with E-state index < -0.39 is 17.0 Å². The highest BCUT2D eigenvalue weighted by Gasteiger charge is 2.09. The molecule has 1 unspecified atom stereocenters. The number of aromatic amines is 1. The number of carbonyl (C=O) groups excluding carboxylic acids is 1. The fourth-order valence-corrected chi connectivity index (χ4v) is 2.49. The fourth-order valence-electron chi connectivity index (χ4n) is 2.07.